The van der Waals surface area contributed by atoms with E-state index in [-0.39, 0.29) is 17.7 Å². The van der Waals surface area contributed by atoms with Gasteiger partial charge in [-0.15, -0.1) is 0 Å². The molecular formula is C21H29N3O2. The van der Waals surface area contributed by atoms with Crippen LogP contribution in [-0.4, -0.2) is 53.8 Å². The van der Waals surface area contributed by atoms with Crippen LogP contribution in [0.4, 0.5) is 0 Å². The second kappa shape index (κ2) is 7.39. The summed E-state index contributed by atoms with van der Waals surface area (Å²) in [7, 11) is 0. The lowest BCUT2D eigenvalue weighted by atomic mass is 9.91. The lowest BCUT2D eigenvalue weighted by Gasteiger charge is -2.36. The van der Waals surface area contributed by atoms with E-state index in [0.29, 0.717) is 25.9 Å². The fourth-order valence-corrected chi connectivity index (χ4v) is 4.54. The molecule has 2 amide bonds. The van der Waals surface area contributed by atoms with Gasteiger partial charge in [0.25, 0.3) is 5.91 Å². The van der Waals surface area contributed by atoms with Gasteiger partial charge in [0, 0.05) is 43.7 Å². The summed E-state index contributed by atoms with van der Waals surface area (Å²) in [6.45, 7) is 3.50. The van der Waals surface area contributed by atoms with Crippen LogP contribution in [0.2, 0.25) is 0 Å². The van der Waals surface area contributed by atoms with Crippen LogP contribution in [-0.2, 0) is 17.6 Å². The number of likely N-dealkylation sites (tertiary alicyclic amines) is 1. The first-order valence-electron chi connectivity index (χ1n) is 10.1. The molecule has 0 unspecified atom stereocenters. The van der Waals surface area contributed by atoms with Crippen LogP contribution in [0.1, 0.15) is 53.6 Å². The Kier molecular flexibility index (Phi) is 4.98. The maximum atomic E-state index is 12.9. The Hall–Kier alpha value is -1.88. The van der Waals surface area contributed by atoms with Crippen molar-refractivity contribution in [1.82, 2.24) is 9.80 Å². The highest BCUT2D eigenvalue weighted by Gasteiger charge is 2.28. The SMILES string of the molecule is NC(=O)C1CCN(C(=O)c2ccc3c(c2)CCN(C2CCC2)CC3)CC1. The molecule has 4 rings (SSSR count). The molecule has 0 spiro atoms. The van der Waals surface area contributed by atoms with Crippen molar-refractivity contribution in [3.63, 3.8) is 0 Å². The van der Waals surface area contributed by atoms with E-state index in [9.17, 15) is 9.59 Å². The molecular weight excluding hydrogens is 326 g/mol. The molecule has 1 aliphatic carbocycles. The molecule has 2 aliphatic heterocycles. The van der Waals surface area contributed by atoms with Crippen LogP contribution < -0.4 is 5.73 Å². The third-order valence-electron chi connectivity index (χ3n) is 6.57. The standard InChI is InChI=1S/C21H29N3O2/c22-20(25)16-7-12-24(13-8-16)21(26)18-5-4-15-6-10-23(19-2-1-3-19)11-9-17(15)14-18/h4-5,14,16,19H,1-3,6-13H2,(H2,22,25). The predicted octanol–water partition coefficient (Wildman–Crippen LogP) is 1.98. The van der Waals surface area contributed by atoms with Gasteiger partial charge >= 0.3 is 0 Å². The maximum absolute atomic E-state index is 12.9. The molecule has 140 valence electrons. The zero-order valence-corrected chi connectivity index (χ0v) is 15.5. The highest BCUT2D eigenvalue weighted by Crippen LogP contribution is 2.28. The van der Waals surface area contributed by atoms with Gasteiger partial charge in [0.2, 0.25) is 5.91 Å². The number of rotatable bonds is 3. The molecule has 3 aliphatic rings. The summed E-state index contributed by atoms with van der Waals surface area (Å²) in [5.74, 6) is -0.224. The molecule has 5 heteroatoms. The van der Waals surface area contributed by atoms with Crippen molar-refractivity contribution in [2.45, 2.75) is 51.0 Å². The van der Waals surface area contributed by atoms with Gasteiger partial charge < -0.3 is 10.6 Å². The Morgan fingerprint density at radius 1 is 0.923 bits per heavy atom. The van der Waals surface area contributed by atoms with Crippen LogP contribution in [0.5, 0.6) is 0 Å². The number of hydrogen-bond acceptors (Lipinski definition) is 3. The lowest BCUT2D eigenvalue weighted by molar-refractivity contribution is -0.123. The molecule has 1 aromatic carbocycles. The summed E-state index contributed by atoms with van der Waals surface area (Å²) in [4.78, 5) is 28.7. The number of nitrogens with zero attached hydrogens (tertiary/aromatic N) is 2. The third kappa shape index (κ3) is 3.50. The van der Waals surface area contributed by atoms with E-state index >= 15 is 0 Å². The first-order valence-corrected chi connectivity index (χ1v) is 10.1. The number of amides is 2. The zero-order valence-electron chi connectivity index (χ0n) is 15.5. The van der Waals surface area contributed by atoms with E-state index in [4.69, 9.17) is 5.73 Å². The van der Waals surface area contributed by atoms with Crippen LogP contribution in [0.15, 0.2) is 18.2 Å². The summed E-state index contributed by atoms with van der Waals surface area (Å²) < 4.78 is 0. The van der Waals surface area contributed by atoms with Crippen molar-refractivity contribution < 1.29 is 9.59 Å². The van der Waals surface area contributed by atoms with E-state index < -0.39 is 0 Å². The summed E-state index contributed by atoms with van der Waals surface area (Å²) in [6, 6.07) is 7.04. The molecule has 1 aromatic rings. The molecule has 5 nitrogen and oxygen atoms in total. The number of carbonyl (C=O) groups excluding carboxylic acids is 2. The van der Waals surface area contributed by atoms with Crippen molar-refractivity contribution in [3.05, 3.63) is 34.9 Å². The molecule has 26 heavy (non-hydrogen) atoms. The van der Waals surface area contributed by atoms with E-state index in [1.54, 1.807) is 0 Å². The number of carbonyl (C=O) groups is 2. The van der Waals surface area contributed by atoms with E-state index in [1.165, 1.54) is 30.4 Å². The molecule has 0 aromatic heterocycles. The van der Waals surface area contributed by atoms with E-state index in [2.05, 4.69) is 17.0 Å². The number of primary amides is 1. The Bertz CT molecular complexity index is 690. The van der Waals surface area contributed by atoms with Crippen molar-refractivity contribution in [3.8, 4) is 0 Å². The van der Waals surface area contributed by atoms with Crippen LogP contribution in [0, 0.1) is 5.92 Å². The van der Waals surface area contributed by atoms with Crippen molar-refractivity contribution in [2.75, 3.05) is 26.2 Å². The van der Waals surface area contributed by atoms with Gasteiger partial charge in [-0.3, -0.25) is 14.5 Å². The number of piperidine rings is 1. The average Bonchev–Trinajstić information content (AvgIpc) is 2.82. The third-order valence-corrected chi connectivity index (χ3v) is 6.57. The molecule has 0 radical (unpaired) electrons. The van der Waals surface area contributed by atoms with E-state index in [1.807, 2.05) is 11.0 Å². The van der Waals surface area contributed by atoms with E-state index in [0.717, 1.165) is 37.5 Å². The normalized spacial score (nSPS) is 22.4. The first-order chi connectivity index (χ1) is 12.6. The van der Waals surface area contributed by atoms with Gasteiger partial charge in [-0.05, 0) is 61.8 Å². The molecule has 0 atom stereocenters. The van der Waals surface area contributed by atoms with Gasteiger partial charge in [0.15, 0.2) is 0 Å². The highest BCUT2D eigenvalue weighted by atomic mass is 16.2. The number of hydrogen-bond donors (Lipinski definition) is 1. The lowest BCUT2D eigenvalue weighted by Crippen LogP contribution is -2.41. The minimum Gasteiger partial charge on any atom is -0.369 e. The molecule has 1 saturated heterocycles. The summed E-state index contributed by atoms with van der Waals surface area (Å²) >= 11 is 0. The second-order valence-corrected chi connectivity index (χ2v) is 8.07. The maximum Gasteiger partial charge on any atom is 0.253 e. The number of fused-ring (bicyclic) bond motifs is 1. The van der Waals surface area contributed by atoms with Gasteiger partial charge in [-0.1, -0.05) is 12.5 Å². The monoisotopic (exact) mass is 355 g/mol. The smallest absolute Gasteiger partial charge is 0.253 e. The highest BCUT2D eigenvalue weighted by molar-refractivity contribution is 5.94. The van der Waals surface area contributed by atoms with Crippen molar-refractivity contribution in [2.24, 2.45) is 11.7 Å². The molecule has 2 heterocycles. The Labute approximate surface area is 155 Å². The molecule has 2 fully saturated rings. The minimum absolute atomic E-state index is 0.0800. The Morgan fingerprint density at radius 2 is 1.62 bits per heavy atom. The summed E-state index contributed by atoms with van der Waals surface area (Å²) in [5.41, 5.74) is 8.92. The minimum atomic E-state index is -0.238. The summed E-state index contributed by atoms with van der Waals surface area (Å²) in [5, 5.41) is 0. The first kappa shape index (κ1) is 17.5. The van der Waals surface area contributed by atoms with Gasteiger partial charge in [-0.25, -0.2) is 0 Å². The van der Waals surface area contributed by atoms with Gasteiger partial charge in [0.1, 0.15) is 0 Å². The van der Waals surface area contributed by atoms with Crippen molar-refractivity contribution in [1.29, 1.82) is 0 Å². The Morgan fingerprint density at radius 3 is 2.23 bits per heavy atom. The predicted molar refractivity (Wildman–Crippen MR) is 101 cm³/mol. The number of benzene rings is 1. The van der Waals surface area contributed by atoms with Crippen molar-refractivity contribution >= 4 is 11.8 Å². The zero-order chi connectivity index (χ0) is 18.1. The fraction of sp³-hybridized carbons (Fsp3) is 0.619. The summed E-state index contributed by atoms with van der Waals surface area (Å²) in [6.07, 6.45) is 7.56. The number of nitrogens with two attached hydrogens (primary N) is 1. The quantitative estimate of drug-likeness (QED) is 0.901. The average molecular weight is 355 g/mol. The molecule has 1 saturated carbocycles. The van der Waals surface area contributed by atoms with Gasteiger partial charge in [-0.2, -0.15) is 0 Å². The van der Waals surface area contributed by atoms with Gasteiger partial charge in [0.05, 0.1) is 0 Å². The Balaban J connectivity index is 1.42. The topological polar surface area (TPSA) is 66.6 Å². The molecule has 2 N–H and O–H groups in total. The fourth-order valence-electron chi connectivity index (χ4n) is 4.54. The van der Waals surface area contributed by atoms with Crippen LogP contribution in [0.25, 0.3) is 0 Å². The van der Waals surface area contributed by atoms with Crippen LogP contribution in [0.3, 0.4) is 0 Å². The largest absolute Gasteiger partial charge is 0.369 e. The van der Waals surface area contributed by atoms with Crippen LogP contribution >= 0.6 is 0 Å². The second-order valence-electron chi connectivity index (χ2n) is 8.07. The molecule has 0 bridgehead atoms.